The molecule has 1 aliphatic carbocycles. The molecule has 0 aromatic heterocycles. The fourth-order valence-electron chi connectivity index (χ4n) is 3.99. The van der Waals surface area contributed by atoms with E-state index in [1.54, 1.807) is 0 Å². The van der Waals surface area contributed by atoms with Gasteiger partial charge in [0.1, 0.15) is 0 Å². The summed E-state index contributed by atoms with van der Waals surface area (Å²) in [6, 6.07) is 8.97. The Hall–Kier alpha value is -1.75. The minimum absolute atomic E-state index is 0.161. The number of aliphatic imine (C=N–C) groups is 1. The van der Waals surface area contributed by atoms with Gasteiger partial charge in [-0.1, -0.05) is 25.0 Å². The normalized spacial score (nSPS) is 21.0. The molecule has 1 aliphatic heterocycles. The predicted octanol–water partition coefficient (Wildman–Crippen LogP) is 3.21. The number of guanidine groups is 1. The van der Waals surface area contributed by atoms with Gasteiger partial charge in [0.2, 0.25) is 0 Å². The first-order chi connectivity index (χ1) is 12.6. The van der Waals surface area contributed by atoms with Crippen LogP contribution in [0.5, 0.6) is 0 Å². The predicted molar refractivity (Wildman–Crippen MR) is 109 cm³/mol. The average molecular weight is 359 g/mol. The number of hydrogen-bond acceptors (Lipinski definition) is 3. The molecule has 5 nitrogen and oxygen atoms in total. The van der Waals surface area contributed by atoms with E-state index in [9.17, 15) is 5.11 Å². The molecular weight excluding hydrogens is 324 g/mol. The molecule has 1 saturated carbocycles. The molecule has 0 radical (unpaired) electrons. The number of nitrogens with one attached hydrogen (secondary N) is 2. The standard InChI is InChI=1S/C21H34N4O/c1-3-22-20(23-16-21(26)11-4-5-12-21)24-17(2)18-9-8-10-19(15-18)25-13-6-7-14-25/h8-10,15,17,26H,3-7,11-14,16H2,1-2H3,(H2,22,23,24). The Kier molecular flexibility index (Phi) is 6.41. The zero-order valence-corrected chi connectivity index (χ0v) is 16.3. The van der Waals surface area contributed by atoms with Gasteiger partial charge in [-0.15, -0.1) is 0 Å². The Morgan fingerprint density at radius 1 is 1.23 bits per heavy atom. The maximum atomic E-state index is 10.5. The van der Waals surface area contributed by atoms with Gasteiger partial charge >= 0.3 is 0 Å². The zero-order valence-electron chi connectivity index (χ0n) is 16.3. The van der Waals surface area contributed by atoms with Gasteiger partial charge in [-0.05, 0) is 57.2 Å². The van der Waals surface area contributed by atoms with Crippen molar-refractivity contribution >= 4 is 11.6 Å². The van der Waals surface area contributed by atoms with Gasteiger partial charge in [0.15, 0.2) is 5.96 Å². The van der Waals surface area contributed by atoms with E-state index in [0.29, 0.717) is 6.54 Å². The minimum Gasteiger partial charge on any atom is -0.388 e. The second kappa shape index (κ2) is 8.76. The van der Waals surface area contributed by atoms with Crippen molar-refractivity contribution in [2.45, 2.75) is 64.0 Å². The van der Waals surface area contributed by atoms with Gasteiger partial charge in [0.25, 0.3) is 0 Å². The van der Waals surface area contributed by atoms with E-state index in [4.69, 9.17) is 0 Å². The third-order valence-electron chi connectivity index (χ3n) is 5.60. The van der Waals surface area contributed by atoms with E-state index in [2.05, 4.69) is 58.6 Å². The summed E-state index contributed by atoms with van der Waals surface area (Å²) in [6.45, 7) is 7.84. The van der Waals surface area contributed by atoms with Crippen LogP contribution in [0.3, 0.4) is 0 Å². The summed E-state index contributed by atoms with van der Waals surface area (Å²) in [6.07, 6.45) is 6.52. The van der Waals surface area contributed by atoms with Crippen molar-refractivity contribution in [3.05, 3.63) is 29.8 Å². The third-order valence-corrected chi connectivity index (χ3v) is 5.60. The Balaban J connectivity index is 1.65. The molecule has 144 valence electrons. The van der Waals surface area contributed by atoms with Crippen LogP contribution < -0.4 is 15.5 Å². The minimum atomic E-state index is -0.610. The number of benzene rings is 1. The lowest BCUT2D eigenvalue weighted by Crippen LogP contribution is -2.40. The topological polar surface area (TPSA) is 59.9 Å². The molecule has 2 aliphatic rings. The van der Waals surface area contributed by atoms with E-state index >= 15 is 0 Å². The van der Waals surface area contributed by atoms with Gasteiger partial charge in [-0.25, -0.2) is 0 Å². The molecule has 1 heterocycles. The molecule has 0 spiro atoms. The first-order valence-corrected chi connectivity index (χ1v) is 10.2. The summed E-state index contributed by atoms with van der Waals surface area (Å²) in [5, 5.41) is 17.4. The van der Waals surface area contributed by atoms with Crippen LogP contribution in [0.15, 0.2) is 29.3 Å². The molecule has 0 bridgehead atoms. The average Bonchev–Trinajstić information content (AvgIpc) is 3.32. The second-order valence-corrected chi connectivity index (χ2v) is 7.78. The maximum absolute atomic E-state index is 10.5. The summed E-state index contributed by atoms with van der Waals surface area (Å²) in [5.41, 5.74) is 1.97. The fraction of sp³-hybridized carbons (Fsp3) is 0.667. The maximum Gasteiger partial charge on any atom is 0.191 e. The fourth-order valence-corrected chi connectivity index (χ4v) is 3.99. The molecule has 1 aromatic carbocycles. The van der Waals surface area contributed by atoms with E-state index in [1.807, 2.05) is 0 Å². The molecule has 26 heavy (non-hydrogen) atoms. The lowest BCUT2D eigenvalue weighted by atomic mass is 10.0. The van der Waals surface area contributed by atoms with Crippen LogP contribution in [0, 0.1) is 0 Å². The molecule has 2 fully saturated rings. The van der Waals surface area contributed by atoms with E-state index in [1.165, 1.54) is 24.1 Å². The molecule has 1 atom stereocenters. The van der Waals surface area contributed by atoms with Gasteiger partial charge in [-0.2, -0.15) is 0 Å². The van der Waals surface area contributed by atoms with Crippen molar-refractivity contribution < 1.29 is 5.11 Å². The SMILES string of the molecule is CCNC(=NCC1(O)CCCC1)NC(C)c1cccc(N2CCCC2)c1. The Labute approximate surface area is 157 Å². The highest BCUT2D eigenvalue weighted by atomic mass is 16.3. The summed E-state index contributed by atoms with van der Waals surface area (Å²) in [7, 11) is 0. The number of rotatable bonds is 6. The zero-order chi connectivity index (χ0) is 18.4. The van der Waals surface area contributed by atoms with Crippen LogP contribution in [-0.2, 0) is 0 Å². The summed E-state index contributed by atoms with van der Waals surface area (Å²) >= 11 is 0. The smallest absolute Gasteiger partial charge is 0.191 e. The number of hydrogen-bond donors (Lipinski definition) is 3. The van der Waals surface area contributed by atoms with Crippen molar-refractivity contribution in [1.82, 2.24) is 10.6 Å². The van der Waals surface area contributed by atoms with Crippen LogP contribution in [-0.4, -0.2) is 42.8 Å². The molecule has 1 unspecified atom stereocenters. The third kappa shape index (κ3) is 4.91. The second-order valence-electron chi connectivity index (χ2n) is 7.78. The summed E-state index contributed by atoms with van der Waals surface area (Å²) in [5.74, 6) is 0.784. The van der Waals surface area contributed by atoms with Crippen molar-refractivity contribution in [3.8, 4) is 0 Å². The first-order valence-electron chi connectivity index (χ1n) is 10.2. The summed E-state index contributed by atoms with van der Waals surface area (Å²) < 4.78 is 0. The van der Waals surface area contributed by atoms with Crippen LogP contribution in [0.4, 0.5) is 5.69 Å². The van der Waals surface area contributed by atoms with E-state index in [-0.39, 0.29) is 6.04 Å². The van der Waals surface area contributed by atoms with Gasteiger partial charge in [0.05, 0.1) is 18.2 Å². The lowest BCUT2D eigenvalue weighted by molar-refractivity contribution is 0.0574. The van der Waals surface area contributed by atoms with Crippen LogP contribution in [0.25, 0.3) is 0 Å². The van der Waals surface area contributed by atoms with Gasteiger partial charge < -0.3 is 20.6 Å². The molecule has 0 amide bonds. The van der Waals surface area contributed by atoms with Gasteiger partial charge in [-0.3, -0.25) is 4.99 Å². The first kappa shape index (κ1) is 19.0. The Bertz CT molecular complexity index is 604. The quantitative estimate of drug-likeness (QED) is 0.540. The number of nitrogens with zero attached hydrogens (tertiary/aromatic N) is 2. The van der Waals surface area contributed by atoms with Crippen molar-refractivity contribution in [2.75, 3.05) is 31.1 Å². The van der Waals surface area contributed by atoms with Crippen LogP contribution in [0.1, 0.15) is 64.0 Å². The molecule has 3 N–H and O–H groups in total. The highest BCUT2D eigenvalue weighted by molar-refractivity contribution is 5.80. The number of aliphatic hydroxyl groups is 1. The van der Waals surface area contributed by atoms with Crippen LogP contribution >= 0.6 is 0 Å². The van der Waals surface area contributed by atoms with Crippen LogP contribution in [0.2, 0.25) is 0 Å². The van der Waals surface area contributed by atoms with Crippen molar-refractivity contribution in [1.29, 1.82) is 0 Å². The molecule has 3 rings (SSSR count). The molecule has 5 heteroatoms. The highest BCUT2D eigenvalue weighted by Crippen LogP contribution is 2.29. The Morgan fingerprint density at radius 3 is 2.65 bits per heavy atom. The molecule has 1 saturated heterocycles. The van der Waals surface area contributed by atoms with E-state index < -0.39 is 5.60 Å². The van der Waals surface area contributed by atoms with Crippen molar-refractivity contribution in [3.63, 3.8) is 0 Å². The molecule has 1 aromatic rings. The Morgan fingerprint density at radius 2 is 1.96 bits per heavy atom. The van der Waals surface area contributed by atoms with E-state index in [0.717, 1.165) is 51.3 Å². The number of anilines is 1. The monoisotopic (exact) mass is 358 g/mol. The summed E-state index contributed by atoms with van der Waals surface area (Å²) in [4.78, 5) is 7.13. The lowest BCUT2D eigenvalue weighted by Gasteiger charge is -2.23. The molecular formula is C21H34N4O. The largest absolute Gasteiger partial charge is 0.388 e. The highest BCUT2D eigenvalue weighted by Gasteiger charge is 2.30. The van der Waals surface area contributed by atoms with Crippen molar-refractivity contribution in [2.24, 2.45) is 4.99 Å². The van der Waals surface area contributed by atoms with Gasteiger partial charge in [0, 0.05) is 25.3 Å².